The number of thiocarbonyl (C=S) groups is 1. The van der Waals surface area contributed by atoms with Crippen LogP contribution in [-0.4, -0.2) is 27.7 Å². The van der Waals surface area contributed by atoms with Crippen molar-refractivity contribution in [1.29, 1.82) is 0 Å². The number of aryl methyl sites for hydroxylation is 2. The molecule has 1 N–H and O–H groups in total. The quantitative estimate of drug-likeness (QED) is 0.280. The number of para-hydroxylation sites is 1. The Hall–Kier alpha value is -3.97. The van der Waals surface area contributed by atoms with Crippen molar-refractivity contribution in [3.05, 3.63) is 113 Å². The number of ether oxygens (including phenoxy) is 1. The first-order valence-corrected chi connectivity index (χ1v) is 12.3. The summed E-state index contributed by atoms with van der Waals surface area (Å²) in [4.78, 5) is 19.4. The van der Waals surface area contributed by atoms with Crippen molar-refractivity contribution in [1.82, 2.24) is 14.9 Å². The van der Waals surface area contributed by atoms with E-state index in [-0.39, 0.29) is 18.1 Å². The van der Waals surface area contributed by atoms with Crippen LogP contribution in [0.3, 0.4) is 0 Å². The lowest BCUT2D eigenvalue weighted by Gasteiger charge is -2.28. The maximum absolute atomic E-state index is 12.6. The van der Waals surface area contributed by atoms with Crippen LogP contribution in [0.25, 0.3) is 5.69 Å². The van der Waals surface area contributed by atoms with Gasteiger partial charge in [-0.2, -0.15) is 0 Å². The standard InChI is InChI=1S/C29H28N4O2S/c1-18-12-14-21(15-13-18)33-27(26(31-29(33)36)24-10-7-8-16-30-24)23-17-19(2)32(20(23)3)25-11-6-5-9-22(25)28(34)35-4/h5-17,26-27H,1-4H3,(H,31,36)/t26-,27-/m1/s1. The summed E-state index contributed by atoms with van der Waals surface area (Å²) >= 11 is 5.88. The third-order valence-corrected chi connectivity index (χ3v) is 7.06. The number of methoxy groups -OCH3 is 1. The van der Waals surface area contributed by atoms with E-state index in [1.54, 1.807) is 6.07 Å². The van der Waals surface area contributed by atoms with Gasteiger partial charge in [0.1, 0.15) is 0 Å². The Morgan fingerprint density at radius 1 is 1.00 bits per heavy atom. The zero-order valence-electron chi connectivity index (χ0n) is 20.7. The highest BCUT2D eigenvalue weighted by atomic mass is 32.1. The van der Waals surface area contributed by atoms with Gasteiger partial charge in [0, 0.05) is 23.3 Å². The topological polar surface area (TPSA) is 59.4 Å². The van der Waals surface area contributed by atoms with Gasteiger partial charge in [-0.15, -0.1) is 0 Å². The minimum Gasteiger partial charge on any atom is -0.465 e. The average Bonchev–Trinajstić information content (AvgIpc) is 3.39. The number of aromatic nitrogens is 2. The molecule has 0 saturated carbocycles. The van der Waals surface area contributed by atoms with Crippen LogP contribution in [0.1, 0.15) is 50.7 Å². The maximum atomic E-state index is 12.6. The van der Waals surface area contributed by atoms with E-state index in [0.29, 0.717) is 10.7 Å². The van der Waals surface area contributed by atoms with Gasteiger partial charge in [0.2, 0.25) is 0 Å². The lowest BCUT2D eigenvalue weighted by atomic mass is 9.96. The maximum Gasteiger partial charge on any atom is 0.339 e. The molecular weight excluding hydrogens is 468 g/mol. The third kappa shape index (κ3) is 4.05. The number of anilines is 1. The lowest BCUT2D eigenvalue weighted by Crippen LogP contribution is -2.29. The number of benzene rings is 2. The van der Waals surface area contributed by atoms with Crippen LogP contribution in [0.4, 0.5) is 5.69 Å². The number of hydrogen-bond acceptors (Lipinski definition) is 4. The number of nitrogens with one attached hydrogen (secondary N) is 1. The second-order valence-electron chi connectivity index (χ2n) is 9.00. The van der Waals surface area contributed by atoms with E-state index in [4.69, 9.17) is 17.0 Å². The summed E-state index contributed by atoms with van der Waals surface area (Å²) in [5.41, 5.74) is 7.57. The van der Waals surface area contributed by atoms with Crippen molar-refractivity contribution in [2.24, 2.45) is 0 Å². The molecule has 182 valence electrons. The average molecular weight is 497 g/mol. The molecule has 1 aliphatic rings. The summed E-state index contributed by atoms with van der Waals surface area (Å²) < 4.78 is 7.18. The number of nitrogens with zero attached hydrogens (tertiary/aromatic N) is 3. The van der Waals surface area contributed by atoms with Crippen LogP contribution in [0, 0.1) is 20.8 Å². The fourth-order valence-corrected chi connectivity index (χ4v) is 5.41. The first-order chi connectivity index (χ1) is 17.4. The van der Waals surface area contributed by atoms with Crippen LogP contribution in [0.5, 0.6) is 0 Å². The fraction of sp³-hybridized carbons (Fsp3) is 0.207. The van der Waals surface area contributed by atoms with Crippen LogP contribution < -0.4 is 10.2 Å². The number of hydrogen-bond donors (Lipinski definition) is 1. The third-order valence-electron chi connectivity index (χ3n) is 6.75. The molecule has 2 atom stereocenters. The molecule has 2 aromatic carbocycles. The zero-order valence-corrected chi connectivity index (χ0v) is 21.5. The van der Waals surface area contributed by atoms with Crippen molar-refractivity contribution in [2.75, 3.05) is 12.0 Å². The molecule has 0 bridgehead atoms. The highest BCUT2D eigenvalue weighted by molar-refractivity contribution is 7.80. The Morgan fingerprint density at radius 3 is 2.42 bits per heavy atom. The van der Waals surface area contributed by atoms with Gasteiger partial charge in [-0.05, 0) is 81.0 Å². The normalized spacial score (nSPS) is 17.2. The molecule has 0 aliphatic carbocycles. The summed E-state index contributed by atoms with van der Waals surface area (Å²) in [6.45, 7) is 6.21. The molecule has 36 heavy (non-hydrogen) atoms. The van der Waals surface area contributed by atoms with Gasteiger partial charge in [-0.1, -0.05) is 35.9 Å². The molecule has 0 spiro atoms. The Morgan fingerprint density at radius 2 is 1.72 bits per heavy atom. The summed E-state index contributed by atoms with van der Waals surface area (Å²) in [6.07, 6.45) is 1.81. The van der Waals surface area contributed by atoms with Gasteiger partial charge in [-0.3, -0.25) is 4.98 Å². The number of carbonyl (C=O) groups is 1. The van der Waals surface area contributed by atoms with Crippen molar-refractivity contribution in [2.45, 2.75) is 32.9 Å². The van der Waals surface area contributed by atoms with Crippen LogP contribution in [0.15, 0.2) is 79.0 Å². The molecule has 7 heteroatoms. The smallest absolute Gasteiger partial charge is 0.339 e. The van der Waals surface area contributed by atoms with E-state index >= 15 is 0 Å². The molecule has 1 fully saturated rings. The Bertz CT molecular complexity index is 1430. The van der Waals surface area contributed by atoms with E-state index in [1.165, 1.54) is 12.7 Å². The van der Waals surface area contributed by atoms with Crippen molar-refractivity contribution in [3.63, 3.8) is 0 Å². The van der Waals surface area contributed by atoms with Gasteiger partial charge in [0.05, 0.1) is 36.1 Å². The van der Waals surface area contributed by atoms with Gasteiger partial charge in [0.15, 0.2) is 5.11 Å². The van der Waals surface area contributed by atoms with E-state index in [1.807, 2.05) is 42.6 Å². The lowest BCUT2D eigenvalue weighted by molar-refractivity contribution is 0.0600. The first kappa shape index (κ1) is 23.8. The van der Waals surface area contributed by atoms with E-state index < -0.39 is 0 Å². The molecule has 0 radical (unpaired) electrons. The predicted octanol–water partition coefficient (Wildman–Crippen LogP) is 5.76. The van der Waals surface area contributed by atoms with E-state index in [2.05, 4.69) is 70.9 Å². The second-order valence-corrected chi connectivity index (χ2v) is 9.39. The zero-order chi connectivity index (χ0) is 25.4. The molecule has 4 aromatic rings. The molecule has 0 unspecified atom stereocenters. The molecule has 1 saturated heterocycles. The fourth-order valence-electron chi connectivity index (χ4n) is 5.06. The molecular formula is C29H28N4O2S. The molecule has 0 amide bonds. The summed E-state index contributed by atoms with van der Waals surface area (Å²) in [6, 6.07) is 23.7. The molecule has 5 rings (SSSR count). The summed E-state index contributed by atoms with van der Waals surface area (Å²) in [5, 5.41) is 4.18. The van der Waals surface area contributed by atoms with Crippen LogP contribution in [-0.2, 0) is 4.74 Å². The second kappa shape index (κ2) is 9.59. The van der Waals surface area contributed by atoms with Crippen molar-refractivity contribution < 1.29 is 9.53 Å². The van der Waals surface area contributed by atoms with Crippen molar-refractivity contribution >= 4 is 29.0 Å². The van der Waals surface area contributed by atoms with Gasteiger partial charge in [0.25, 0.3) is 0 Å². The number of pyridine rings is 1. The first-order valence-electron chi connectivity index (χ1n) is 11.8. The van der Waals surface area contributed by atoms with E-state index in [9.17, 15) is 4.79 Å². The highest BCUT2D eigenvalue weighted by Gasteiger charge is 2.42. The monoisotopic (exact) mass is 496 g/mol. The SMILES string of the molecule is COC(=O)c1ccccc1-n1c(C)cc([C@@H]2[C@@H](c3ccccn3)NC(=S)N2c2ccc(C)cc2)c1C. The number of esters is 1. The Labute approximate surface area is 216 Å². The van der Waals surface area contributed by atoms with Crippen LogP contribution >= 0.6 is 12.2 Å². The van der Waals surface area contributed by atoms with Gasteiger partial charge >= 0.3 is 5.97 Å². The molecule has 3 heterocycles. The van der Waals surface area contributed by atoms with Crippen LogP contribution in [0.2, 0.25) is 0 Å². The molecule has 6 nitrogen and oxygen atoms in total. The van der Waals surface area contributed by atoms with Gasteiger partial charge < -0.3 is 19.5 Å². The Balaban J connectivity index is 1.69. The predicted molar refractivity (Wildman–Crippen MR) is 146 cm³/mol. The summed E-state index contributed by atoms with van der Waals surface area (Å²) in [7, 11) is 1.40. The highest BCUT2D eigenvalue weighted by Crippen LogP contribution is 2.43. The minimum atomic E-state index is -0.365. The largest absolute Gasteiger partial charge is 0.465 e. The van der Waals surface area contributed by atoms with E-state index in [0.717, 1.165) is 34.0 Å². The van der Waals surface area contributed by atoms with Gasteiger partial charge in [-0.25, -0.2) is 4.79 Å². The molecule has 2 aromatic heterocycles. The minimum absolute atomic E-state index is 0.139. The number of rotatable bonds is 5. The number of carbonyl (C=O) groups excluding carboxylic acids is 1. The summed E-state index contributed by atoms with van der Waals surface area (Å²) in [5.74, 6) is -0.365. The molecule has 1 aliphatic heterocycles. The van der Waals surface area contributed by atoms with Crippen molar-refractivity contribution in [3.8, 4) is 5.69 Å². The Kier molecular flexibility index (Phi) is 6.33.